The van der Waals surface area contributed by atoms with E-state index in [-0.39, 0.29) is 22.7 Å². The number of nitrogens with zero attached hydrogens (tertiary/aromatic N) is 2. The Balaban J connectivity index is 0.00000242. The number of hydrogen-bond donors (Lipinski definition) is 1. The summed E-state index contributed by atoms with van der Waals surface area (Å²) in [7, 11) is -1.99. The molecule has 2 aromatic rings. The van der Waals surface area contributed by atoms with Crippen LogP contribution in [0.3, 0.4) is 0 Å². The number of hydrogen-bond acceptors (Lipinski definition) is 4. The van der Waals surface area contributed by atoms with E-state index in [1.807, 2.05) is 13.8 Å². The van der Waals surface area contributed by atoms with E-state index in [1.54, 1.807) is 43.6 Å². The second kappa shape index (κ2) is 6.91. The minimum absolute atomic E-state index is 0. The van der Waals surface area contributed by atoms with E-state index in [0.717, 1.165) is 0 Å². The van der Waals surface area contributed by atoms with Crippen molar-refractivity contribution in [2.24, 2.45) is 11.1 Å². The average molecular weight is 344 g/mol. The fourth-order valence-corrected chi connectivity index (χ4v) is 3.78. The molecule has 2 rings (SSSR count). The lowest BCUT2D eigenvalue weighted by atomic mass is 9.94. The van der Waals surface area contributed by atoms with Gasteiger partial charge in [0.15, 0.2) is 0 Å². The number of benzene rings is 1. The number of halogens is 1. The third-order valence-electron chi connectivity index (χ3n) is 3.50. The lowest BCUT2D eigenvalue weighted by Gasteiger charge is -2.28. The summed E-state index contributed by atoms with van der Waals surface area (Å²) in [6.45, 7) is 4.68. The van der Waals surface area contributed by atoms with Crippen molar-refractivity contribution in [3.63, 3.8) is 0 Å². The summed E-state index contributed by atoms with van der Waals surface area (Å²) in [5.41, 5.74) is 6.09. The zero-order valence-electron chi connectivity index (χ0n) is 13.0. The zero-order chi connectivity index (χ0) is 15.7. The summed E-state index contributed by atoms with van der Waals surface area (Å²) in [6, 6.07) is 8.65. The summed E-state index contributed by atoms with van der Waals surface area (Å²) < 4.78 is 27.0. The van der Waals surface area contributed by atoms with Gasteiger partial charge in [0.2, 0.25) is 10.0 Å². The number of nitrogens with two attached hydrogens (primary N) is 1. The Kier molecular flexibility index (Phi) is 5.92. The standard InChI is InChI=1S/C15H21N3O2S.ClH/c1-15(2,10-16)11-18(3)21(19,20)14-8-4-7-13-12(14)6-5-9-17-13;/h4-9H,10-11,16H2,1-3H3;1H. The SMILES string of the molecule is CN(CC(C)(C)CN)S(=O)(=O)c1cccc2ncccc12.Cl. The Hall–Kier alpha value is -1.21. The molecule has 0 amide bonds. The molecule has 0 aliphatic heterocycles. The van der Waals surface area contributed by atoms with Gasteiger partial charge in [-0.25, -0.2) is 12.7 Å². The van der Waals surface area contributed by atoms with Gasteiger partial charge >= 0.3 is 0 Å². The predicted octanol–water partition coefficient (Wildman–Crippen LogP) is 2.26. The maximum absolute atomic E-state index is 12.8. The van der Waals surface area contributed by atoms with Crippen LogP contribution in [0, 0.1) is 5.41 Å². The van der Waals surface area contributed by atoms with Gasteiger partial charge in [-0.15, -0.1) is 12.4 Å². The first kappa shape index (κ1) is 18.8. The average Bonchev–Trinajstić information content (AvgIpc) is 2.46. The maximum Gasteiger partial charge on any atom is 0.243 e. The molecule has 0 saturated carbocycles. The van der Waals surface area contributed by atoms with Gasteiger partial charge in [-0.2, -0.15) is 0 Å². The predicted molar refractivity (Wildman–Crippen MR) is 91.6 cm³/mol. The van der Waals surface area contributed by atoms with E-state index in [4.69, 9.17) is 5.73 Å². The van der Waals surface area contributed by atoms with E-state index < -0.39 is 10.0 Å². The molecule has 1 aromatic carbocycles. The van der Waals surface area contributed by atoms with E-state index >= 15 is 0 Å². The van der Waals surface area contributed by atoms with Crippen molar-refractivity contribution in [3.05, 3.63) is 36.5 Å². The van der Waals surface area contributed by atoms with Crippen LogP contribution in [-0.4, -0.2) is 37.8 Å². The van der Waals surface area contributed by atoms with E-state index in [9.17, 15) is 8.42 Å². The van der Waals surface area contributed by atoms with Crippen LogP contribution >= 0.6 is 12.4 Å². The van der Waals surface area contributed by atoms with Crippen molar-refractivity contribution in [3.8, 4) is 0 Å². The first-order chi connectivity index (χ1) is 9.78. The van der Waals surface area contributed by atoms with Crippen LogP contribution in [0.4, 0.5) is 0 Å². The highest BCUT2D eigenvalue weighted by atomic mass is 35.5. The van der Waals surface area contributed by atoms with Gasteiger partial charge in [-0.3, -0.25) is 4.98 Å². The molecule has 0 fully saturated rings. The molecule has 5 nitrogen and oxygen atoms in total. The monoisotopic (exact) mass is 343 g/mol. The highest BCUT2D eigenvalue weighted by molar-refractivity contribution is 7.89. The van der Waals surface area contributed by atoms with Crippen LogP contribution in [0.15, 0.2) is 41.4 Å². The van der Waals surface area contributed by atoms with Gasteiger partial charge in [-0.1, -0.05) is 19.9 Å². The van der Waals surface area contributed by atoms with Crippen molar-refractivity contribution < 1.29 is 8.42 Å². The number of sulfonamides is 1. The third-order valence-corrected chi connectivity index (χ3v) is 5.36. The van der Waals surface area contributed by atoms with E-state index in [2.05, 4.69) is 4.98 Å². The Labute approximate surface area is 138 Å². The maximum atomic E-state index is 12.8. The quantitative estimate of drug-likeness (QED) is 0.903. The Morgan fingerprint density at radius 1 is 1.23 bits per heavy atom. The number of aromatic nitrogens is 1. The lowest BCUT2D eigenvalue weighted by molar-refractivity contribution is 0.292. The molecule has 7 heteroatoms. The molecule has 1 aromatic heterocycles. The topological polar surface area (TPSA) is 76.3 Å². The first-order valence-electron chi connectivity index (χ1n) is 6.78. The third kappa shape index (κ3) is 3.76. The molecule has 122 valence electrons. The number of rotatable bonds is 5. The van der Waals surface area contributed by atoms with Crippen LogP contribution in [0.2, 0.25) is 0 Å². The van der Waals surface area contributed by atoms with Crippen molar-refractivity contribution in [2.75, 3.05) is 20.1 Å². The van der Waals surface area contributed by atoms with Crippen LogP contribution in [0.5, 0.6) is 0 Å². The van der Waals surface area contributed by atoms with Crippen LogP contribution in [0.1, 0.15) is 13.8 Å². The van der Waals surface area contributed by atoms with Crippen LogP contribution in [-0.2, 0) is 10.0 Å². The van der Waals surface area contributed by atoms with E-state index in [0.29, 0.717) is 24.0 Å². The summed E-state index contributed by atoms with van der Waals surface area (Å²) in [4.78, 5) is 4.48. The molecule has 2 N–H and O–H groups in total. The Morgan fingerprint density at radius 3 is 2.55 bits per heavy atom. The summed E-state index contributed by atoms with van der Waals surface area (Å²) in [5.74, 6) is 0. The summed E-state index contributed by atoms with van der Waals surface area (Å²) in [5, 5.41) is 0.636. The Morgan fingerprint density at radius 2 is 1.91 bits per heavy atom. The molecule has 0 saturated heterocycles. The molecular weight excluding hydrogens is 322 g/mol. The minimum atomic E-state index is -3.57. The smallest absolute Gasteiger partial charge is 0.243 e. The van der Waals surface area contributed by atoms with Crippen molar-refractivity contribution >= 4 is 33.3 Å². The molecule has 22 heavy (non-hydrogen) atoms. The van der Waals surface area contributed by atoms with Gasteiger partial charge in [0.05, 0.1) is 10.4 Å². The normalized spacial score (nSPS) is 12.4. The summed E-state index contributed by atoms with van der Waals surface area (Å²) >= 11 is 0. The largest absolute Gasteiger partial charge is 0.330 e. The molecule has 0 aliphatic carbocycles. The van der Waals surface area contributed by atoms with Crippen LogP contribution in [0.25, 0.3) is 10.9 Å². The van der Waals surface area contributed by atoms with Gasteiger partial charge in [-0.05, 0) is 36.2 Å². The van der Waals surface area contributed by atoms with Crippen molar-refractivity contribution in [1.82, 2.24) is 9.29 Å². The van der Waals surface area contributed by atoms with Gasteiger partial charge in [0, 0.05) is 25.2 Å². The second-order valence-corrected chi connectivity index (χ2v) is 7.97. The van der Waals surface area contributed by atoms with E-state index in [1.165, 1.54) is 4.31 Å². The molecule has 1 heterocycles. The zero-order valence-corrected chi connectivity index (χ0v) is 14.6. The fourth-order valence-electron chi connectivity index (χ4n) is 2.22. The van der Waals surface area contributed by atoms with Gasteiger partial charge in [0.1, 0.15) is 0 Å². The molecule has 0 aliphatic rings. The lowest BCUT2D eigenvalue weighted by Crippen LogP contribution is -2.39. The van der Waals surface area contributed by atoms with Gasteiger partial charge < -0.3 is 5.73 Å². The first-order valence-corrected chi connectivity index (χ1v) is 8.22. The van der Waals surface area contributed by atoms with Crippen LogP contribution < -0.4 is 5.73 Å². The number of fused-ring (bicyclic) bond motifs is 1. The Bertz CT molecular complexity index is 742. The minimum Gasteiger partial charge on any atom is -0.330 e. The van der Waals surface area contributed by atoms with Crippen molar-refractivity contribution in [2.45, 2.75) is 18.7 Å². The molecule has 0 bridgehead atoms. The van der Waals surface area contributed by atoms with Gasteiger partial charge in [0.25, 0.3) is 0 Å². The molecule has 0 radical (unpaired) electrons. The molecule has 0 unspecified atom stereocenters. The highest BCUT2D eigenvalue weighted by Crippen LogP contribution is 2.26. The molecule has 0 spiro atoms. The molecular formula is C15H22ClN3O2S. The molecule has 0 atom stereocenters. The fraction of sp³-hybridized carbons (Fsp3) is 0.400. The number of pyridine rings is 1. The van der Waals surface area contributed by atoms with Crippen molar-refractivity contribution in [1.29, 1.82) is 0 Å². The summed E-state index contributed by atoms with van der Waals surface area (Å²) in [6.07, 6.45) is 1.65. The second-order valence-electron chi connectivity index (χ2n) is 5.96. The highest BCUT2D eigenvalue weighted by Gasteiger charge is 2.28.